The molecule has 134 valence electrons. The minimum Gasteiger partial charge on any atom is -0.478 e. The Hall–Kier alpha value is -3.31. The lowest BCUT2D eigenvalue weighted by molar-refractivity contribution is -0.134. The van der Waals surface area contributed by atoms with E-state index in [0.717, 1.165) is 5.39 Å². The molecule has 3 aromatic carbocycles. The van der Waals surface area contributed by atoms with Crippen LogP contribution >= 0.6 is 11.6 Å². The maximum absolute atomic E-state index is 12.1. The molecule has 3 aromatic rings. The highest BCUT2D eigenvalue weighted by molar-refractivity contribution is 6.31. The number of fused-ring (bicyclic) bond motifs is 3. The van der Waals surface area contributed by atoms with E-state index in [9.17, 15) is 19.8 Å². The lowest BCUT2D eigenvalue weighted by Gasteiger charge is -2.30. The Kier molecular flexibility index (Phi) is 4.09. The van der Waals surface area contributed by atoms with Crippen LogP contribution in [0.2, 0.25) is 5.02 Å². The van der Waals surface area contributed by atoms with Crippen molar-refractivity contribution in [2.24, 2.45) is 0 Å². The summed E-state index contributed by atoms with van der Waals surface area (Å²) < 4.78 is 0. The second kappa shape index (κ2) is 6.45. The van der Waals surface area contributed by atoms with Crippen LogP contribution in [-0.2, 0) is 9.59 Å². The van der Waals surface area contributed by atoms with Gasteiger partial charge in [-0.2, -0.15) is 0 Å². The summed E-state index contributed by atoms with van der Waals surface area (Å²) in [6.45, 7) is 0. The molecule has 1 aliphatic heterocycles. The minimum absolute atomic E-state index is 0.210. The number of hydrogen-bond donors (Lipinski definition) is 3. The van der Waals surface area contributed by atoms with Crippen LogP contribution in [0, 0.1) is 0 Å². The van der Waals surface area contributed by atoms with Crippen molar-refractivity contribution in [2.45, 2.75) is 6.04 Å². The van der Waals surface area contributed by atoms with Crippen molar-refractivity contribution in [1.82, 2.24) is 0 Å². The minimum atomic E-state index is -1.29. The molecule has 1 heterocycles. The van der Waals surface area contributed by atoms with Gasteiger partial charge < -0.3 is 15.5 Å². The monoisotopic (exact) mass is 379 g/mol. The van der Waals surface area contributed by atoms with Gasteiger partial charge in [-0.1, -0.05) is 54.1 Å². The first-order chi connectivity index (χ1) is 13.0. The Morgan fingerprint density at radius 1 is 0.926 bits per heavy atom. The topological polar surface area (TPSA) is 86.6 Å². The Balaban J connectivity index is 2.07. The first-order valence-corrected chi connectivity index (χ1v) is 8.60. The van der Waals surface area contributed by atoms with Crippen molar-refractivity contribution in [3.05, 3.63) is 82.4 Å². The SMILES string of the molecule is O=C(O)C1=C(C(=O)O)C(c2cccc(Cl)c2)Nc2ccc3ccccc3c21. The van der Waals surface area contributed by atoms with E-state index in [-0.39, 0.29) is 11.1 Å². The van der Waals surface area contributed by atoms with Gasteiger partial charge in [0.25, 0.3) is 0 Å². The van der Waals surface area contributed by atoms with E-state index in [0.29, 0.717) is 27.2 Å². The molecule has 6 heteroatoms. The van der Waals surface area contributed by atoms with Gasteiger partial charge in [-0.25, -0.2) is 9.59 Å². The summed E-state index contributed by atoms with van der Waals surface area (Å²) in [7, 11) is 0. The molecule has 0 saturated heterocycles. The number of anilines is 1. The van der Waals surface area contributed by atoms with Gasteiger partial charge in [0.1, 0.15) is 0 Å². The van der Waals surface area contributed by atoms with Crippen LogP contribution in [0.15, 0.2) is 66.2 Å². The van der Waals surface area contributed by atoms with Crippen LogP contribution in [-0.4, -0.2) is 22.2 Å². The molecule has 0 saturated carbocycles. The van der Waals surface area contributed by atoms with Crippen LogP contribution in [0.5, 0.6) is 0 Å². The lowest BCUT2D eigenvalue weighted by Crippen LogP contribution is -2.27. The molecular weight excluding hydrogens is 366 g/mol. The zero-order valence-electron chi connectivity index (χ0n) is 13.9. The number of carboxylic acids is 2. The number of nitrogens with one attached hydrogen (secondary N) is 1. The molecule has 1 atom stereocenters. The van der Waals surface area contributed by atoms with E-state index in [2.05, 4.69) is 5.32 Å². The fourth-order valence-electron chi connectivity index (χ4n) is 3.56. The van der Waals surface area contributed by atoms with Crippen LogP contribution in [0.1, 0.15) is 17.2 Å². The van der Waals surface area contributed by atoms with Gasteiger partial charge in [0.05, 0.1) is 17.2 Å². The van der Waals surface area contributed by atoms with E-state index in [4.69, 9.17) is 11.6 Å². The van der Waals surface area contributed by atoms with Crippen molar-refractivity contribution < 1.29 is 19.8 Å². The molecular formula is C21H14ClNO4. The number of aliphatic carboxylic acids is 2. The second-order valence-corrected chi connectivity index (χ2v) is 6.68. The first-order valence-electron chi connectivity index (χ1n) is 8.22. The van der Waals surface area contributed by atoms with E-state index in [1.165, 1.54) is 0 Å². The third-order valence-electron chi connectivity index (χ3n) is 4.66. The molecule has 0 fully saturated rings. The van der Waals surface area contributed by atoms with Crippen LogP contribution in [0.25, 0.3) is 16.3 Å². The van der Waals surface area contributed by atoms with E-state index in [1.54, 1.807) is 42.5 Å². The smallest absolute Gasteiger partial charge is 0.337 e. The largest absolute Gasteiger partial charge is 0.478 e. The molecule has 0 aromatic heterocycles. The summed E-state index contributed by atoms with van der Waals surface area (Å²) in [5, 5.41) is 24.9. The number of carboxylic acid groups (broad SMARTS) is 2. The molecule has 0 bridgehead atoms. The molecule has 0 amide bonds. The summed E-state index contributed by atoms with van der Waals surface area (Å²) in [5.74, 6) is -2.57. The molecule has 3 N–H and O–H groups in total. The van der Waals surface area contributed by atoms with Gasteiger partial charge in [-0.15, -0.1) is 0 Å². The Morgan fingerprint density at radius 2 is 1.70 bits per heavy atom. The molecule has 4 rings (SSSR count). The van der Waals surface area contributed by atoms with E-state index in [1.807, 2.05) is 18.2 Å². The average molecular weight is 380 g/mol. The predicted octanol–water partition coefficient (Wildman–Crippen LogP) is 4.58. The zero-order valence-corrected chi connectivity index (χ0v) is 14.7. The summed E-state index contributed by atoms with van der Waals surface area (Å²) in [5.41, 5.74) is 1.11. The normalized spacial score (nSPS) is 16.0. The summed E-state index contributed by atoms with van der Waals surface area (Å²) in [6, 6.07) is 16.8. The fourth-order valence-corrected chi connectivity index (χ4v) is 3.76. The second-order valence-electron chi connectivity index (χ2n) is 6.24. The number of halogens is 1. The first kappa shape index (κ1) is 17.1. The molecule has 27 heavy (non-hydrogen) atoms. The van der Waals surface area contributed by atoms with Crippen LogP contribution < -0.4 is 5.32 Å². The standard InChI is InChI=1S/C21H14ClNO4/c22-13-6-3-5-12(10-13)19-18(21(26)27)17(20(24)25)16-14-7-2-1-4-11(14)8-9-15(16)23-19/h1-10,19,23H,(H,24,25)(H,26,27). The van der Waals surface area contributed by atoms with Crippen molar-refractivity contribution in [3.63, 3.8) is 0 Å². The maximum atomic E-state index is 12.1. The highest BCUT2D eigenvalue weighted by Crippen LogP contribution is 2.44. The Bertz CT molecular complexity index is 1140. The van der Waals surface area contributed by atoms with Crippen molar-refractivity contribution in [2.75, 3.05) is 5.32 Å². The van der Waals surface area contributed by atoms with E-state index < -0.39 is 18.0 Å². The number of rotatable bonds is 3. The van der Waals surface area contributed by atoms with Gasteiger partial charge in [-0.3, -0.25) is 0 Å². The highest BCUT2D eigenvalue weighted by atomic mass is 35.5. The quantitative estimate of drug-likeness (QED) is 0.620. The summed E-state index contributed by atoms with van der Waals surface area (Å²) in [4.78, 5) is 24.2. The summed E-state index contributed by atoms with van der Waals surface area (Å²) >= 11 is 6.06. The zero-order chi connectivity index (χ0) is 19.1. The maximum Gasteiger partial charge on any atom is 0.337 e. The molecule has 0 aliphatic carbocycles. The third-order valence-corrected chi connectivity index (χ3v) is 4.90. The number of carbonyl (C=O) groups is 2. The van der Waals surface area contributed by atoms with Gasteiger partial charge in [0.15, 0.2) is 0 Å². The Morgan fingerprint density at radius 3 is 2.41 bits per heavy atom. The molecule has 1 unspecified atom stereocenters. The molecule has 0 spiro atoms. The molecule has 5 nitrogen and oxygen atoms in total. The van der Waals surface area contributed by atoms with Gasteiger partial charge >= 0.3 is 11.9 Å². The van der Waals surface area contributed by atoms with Crippen LogP contribution in [0.4, 0.5) is 5.69 Å². The van der Waals surface area contributed by atoms with Crippen molar-refractivity contribution in [3.8, 4) is 0 Å². The van der Waals surface area contributed by atoms with Gasteiger partial charge in [0.2, 0.25) is 0 Å². The highest BCUT2D eigenvalue weighted by Gasteiger charge is 2.36. The predicted molar refractivity (Wildman–Crippen MR) is 104 cm³/mol. The van der Waals surface area contributed by atoms with Crippen molar-refractivity contribution >= 4 is 45.6 Å². The Labute approximate surface area is 159 Å². The van der Waals surface area contributed by atoms with Crippen LogP contribution in [0.3, 0.4) is 0 Å². The summed E-state index contributed by atoms with van der Waals surface area (Å²) in [6.07, 6.45) is 0. The average Bonchev–Trinajstić information content (AvgIpc) is 2.66. The molecule has 0 radical (unpaired) electrons. The fraction of sp³-hybridized carbons (Fsp3) is 0.0476. The number of hydrogen-bond acceptors (Lipinski definition) is 3. The van der Waals surface area contributed by atoms with Gasteiger partial charge in [0, 0.05) is 16.3 Å². The van der Waals surface area contributed by atoms with Gasteiger partial charge in [-0.05, 0) is 34.5 Å². The van der Waals surface area contributed by atoms with Crippen molar-refractivity contribution in [1.29, 1.82) is 0 Å². The number of benzene rings is 3. The lowest BCUT2D eigenvalue weighted by atomic mass is 9.84. The third kappa shape index (κ3) is 2.82. The molecule has 1 aliphatic rings. The van der Waals surface area contributed by atoms with E-state index >= 15 is 0 Å².